The van der Waals surface area contributed by atoms with Gasteiger partial charge in [0.05, 0.1) is 12.8 Å². The van der Waals surface area contributed by atoms with Crippen LogP contribution in [0.25, 0.3) is 22.6 Å². The fourth-order valence-electron chi connectivity index (χ4n) is 2.90. The minimum absolute atomic E-state index is 0.0128. The van der Waals surface area contributed by atoms with Crippen LogP contribution in [-0.2, 0) is 11.3 Å². The average Bonchev–Trinajstić information content (AvgIpc) is 3.33. The molecule has 0 radical (unpaired) electrons. The average molecular weight is 417 g/mol. The van der Waals surface area contributed by atoms with Gasteiger partial charge in [0.15, 0.2) is 16.9 Å². The zero-order valence-electron chi connectivity index (χ0n) is 15.4. The quantitative estimate of drug-likeness (QED) is 0.523. The molecule has 0 aliphatic heterocycles. The van der Waals surface area contributed by atoms with Crippen molar-refractivity contribution in [3.8, 4) is 11.5 Å². The highest BCUT2D eigenvalue weighted by Gasteiger charge is 2.38. The Morgan fingerprint density at radius 2 is 2.07 bits per heavy atom. The molecule has 3 heterocycles. The number of rotatable bonds is 4. The van der Waals surface area contributed by atoms with Crippen molar-refractivity contribution in [3.05, 3.63) is 47.7 Å². The number of nitrogen functional groups attached to an aromatic ring is 1. The first kappa shape index (κ1) is 19.4. The van der Waals surface area contributed by atoms with Crippen molar-refractivity contribution in [1.82, 2.24) is 25.0 Å². The zero-order valence-corrected chi connectivity index (χ0v) is 15.4. The summed E-state index contributed by atoms with van der Waals surface area (Å²) in [4.78, 5) is 19.5. The van der Waals surface area contributed by atoms with Gasteiger partial charge in [-0.15, -0.1) is 5.10 Å². The lowest BCUT2D eigenvalue weighted by Crippen LogP contribution is -2.30. The van der Waals surface area contributed by atoms with Gasteiger partial charge in [-0.05, 0) is 36.2 Å². The van der Waals surface area contributed by atoms with Crippen LogP contribution in [0, 0.1) is 6.92 Å². The molecule has 0 saturated carbocycles. The van der Waals surface area contributed by atoms with Crippen LogP contribution in [0.5, 0.6) is 0 Å². The largest absolute Gasteiger partial charge is 0.471 e. The number of furan rings is 1. The third kappa shape index (κ3) is 3.66. The van der Waals surface area contributed by atoms with Crippen LogP contribution >= 0.6 is 0 Å². The molecule has 0 fully saturated rings. The highest BCUT2D eigenvalue weighted by atomic mass is 19.4. The number of halogens is 3. The molecule has 0 aliphatic rings. The molecule has 3 N–H and O–H groups in total. The molecular formula is C18H14F3N7O2. The van der Waals surface area contributed by atoms with Gasteiger partial charge in [0.2, 0.25) is 5.95 Å². The lowest BCUT2D eigenvalue weighted by Gasteiger charge is -2.12. The number of benzene rings is 1. The van der Waals surface area contributed by atoms with E-state index in [9.17, 15) is 18.0 Å². The summed E-state index contributed by atoms with van der Waals surface area (Å²) in [5.41, 5.74) is 8.21. The van der Waals surface area contributed by atoms with Crippen molar-refractivity contribution in [2.75, 3.05) is 11.1 Å². The first-order valence-electron chi connectivity index (χ1n) is 8.60. The minimum Gasteiger partial charge on any atom is -0.463 e. The lowest BCUT2D eigenvalue weighted by atomic mass is 10.1. The number of hydrogen-bond donors (Lipinski definition) is 2. The number of alkyl halides is 3. The fourth-order valence-corrected chi connectivity index (χ4v) is 2.90. The van der Waals surface area contributed by atoms with Gasteiger partial charge >= 0.3 is 12.1 Å². The van der Waals surface area contributed by atoms with E-state index in [1.54, 1.807) is 31.2 Å². The van der Waals surface area contributed by atoms with E-state index in [-0.39, 0.29) is 18.2 Å². The first-order valence-corrected chi connectivity index (χ1v) is 8.60. The molecule has 4 aromatic rings. The topological polar surface area (TPSA) is 125 Å². The van der Waals surface area contributed by atoms with Crippen molar-refractivity contribution in [2.45, 2.75) is 19.6 Å². The Morgan fingerprint density at radius 1 is 1.27 bits per heavy atom. The SMILES string of the molecule is Cc1cc(Cn2nnc3c(-c4ccco4)nc(N)nc32)ccc1NC(=O)C(F)(F)F. The molecule has 12 heteroatoms. The standard InChI is InChI=1S/C18H14F3N7O2/c1-9-7-10(4-5-11(9)23-16(29)18(19,20)21)8-28-15-14(26-27-28)13(24-17(22)25-15)12-3-2-6-30-12/h2-7H,8H2,1H3,(H,23,29)(H2,22,24,25). The fraction of sp³-hybridized carbons (Fsp3) is 0.167. The van der Waals surface area contributed by atoms with E-state index in [1.165, 1.54) is 17.0 Å². The second kappa shape index (κ2) is 7.13. The van der Waals surface area contributed by atoms with Crippen LogP contribution in [0.15, 0.2) is 41.0 Å². The third-order valence-electron chi connectivity index (χ3n) is 4.26. The van der Waals surface area contributed by atoms with Gasteiger partial charge in [-0.3, -0.25) is 4.79 Å². The molecule has 0 bridgehead atoms. The third-order valence-corrected chi connectivity index (χ3v) is 4.26. The molecule has 0 aliphatic carbocycles. The van der Waals surface area contributed by atoms with Crippen molar-refractivity contribution in [1.29, 1.82) is 0 Å². The summed E-state index contributed by atoms with van der Waals surface area (Å²) in [6, 6.07) is 8.01. The molecule has 9 nitrogen and oxygen atoms in total. The molecule has 30 heavy (non-hydrogen) atoms. The Balaban J connectivity index is 1.64. The molecule has 1 aromatic carbocycles. The van der Waals surface area contributed by atoms with Crippen LogP contribution in [0.3, 0.4) is 0 Å². The maximum atomic E-state index is 12.5. The highest BCUT2D eigenvalue weighted by molar-refractivity contribution is 5.95. The van der Waals surface area contributed by atoms with E-state index in [2.05, 4.69) is 20.3 Å². The van der Waals surface area contributed by atoms with E-state index in [0.29, 0.717) is 33.7 Å². The van der Waals surface area contributed by atoms with E-state index < -0.39 is 12.1 Å². The molecule has 0 saturated heterocycles. The summed E-state index contributed by atoms with van der Waals surface area (Å²) in [5, 5.41) is 10.0. The Bertz CT molecular complexity index is 1230. The van der Waals surface area contributed by atoms with Crippen LogP contribution in [0.1, 0.15) is 11.1 Å². The van der Waals surface area contributed by atoms with Crippen LogP contribution < -0.4 is 11.1 Å². The Labute approximate surface area is 166 Å². The second-order valence-electron chi connectivity index (χ2n) is 6.43. The maximum absolute atomic E-state index is 12.5. The second-order valence-corrected chi connectivity index (χ2v) is 6.43. The van der Waals surface area contributed by atoms with E-state index in [0.717, 1.165) is 0 Å². The number of anilines is 2. The number of aromatic nitrogens is 5. The lowest BCUT2D eigenvalue weighted by molar-refractivity contribution is -0.167. The van der Waals surface area contributed by atoms with Crippen LogP contribution in [-0.4, -0.2) is 37.0 Å². The van der Waals surface area contributed by atoms with Gasteiger partial charge in [-0.1, -0.05) is 17.3 Å². The molecule has 1 amide bonds. The van der Waals surface area contributed by atoms with Gasteiger partial charge in [0.25, 0.3) is 0 Å². The Kier molecular flexibility index (Phi) is 4.60. The van der Waals surface area contributed by atoms with Crippen molar-refractivity contribution in [2.24, 2.45) is 0 Å². The normalized spacial score (nSPS) is 11.7. The van der Waals surface area contributed by atoms with E-state index >= 15 is 0 Å². The van der Waals surface area contributed by atoms with Gasteiger partial charge in [-0.2, -0.15) is 18.2 Å². The molecular weight excluding hydrogens is 403 g/mol. The predicted octanol–water partition coefficient (Wildman–Crippen LogP) is 2.92. The summed E-state index contributed by atoms with van der Waals surface area (Å²) in [7, 11) is 0. The predicted molar refractivity (Wildman–Crippen MR) is 100 cm³/mol. The van der Waals surface area contributed by atoms with Gasteiger partial charge in [0, 0.05) is 5.69 Å². The molecule has 154 valence electrons. The summed E-state index contributed by atoms with van der Waals surface area (Å²) in [6.45, 7) is 1.81. The van der Waals surface area contributed by atoms with E-state index in [4.69, 9.17) is 10.2 Å². The number of hydrogen-bond acceptors (Lipinski definition) is 7. The van der Waals surface area contributed by atoms with Gasteiger partial charge < -0.3 is 15.5 Å². The summed E-state index contributed by atoms with van der Waals surface area (Å²) in [6.07, 6.45) is -3.47. The number of aryl methyl sites for hydroxylation is 1. The summed E-state index contributed by atoms with van der Waals surface area (Å²) < 4.78 is 44.2. The molecule has 3 aromatic heterocycles. The van der Waals surface area contributed by atoms with Gasteiger partial charge in [-0.25, -0.2) is 9.67 Å². The number of nitrogens with two attached hydrogens (primary N) is 1. The molecule has 4 rings (SSSR count). The molecule has 0 unspecified atom stereocenters. The van der Waals surface area contributed by atoms with Crippen LogP contribution in [0.2, 0.25) is 0 Å². The van der Waals surface area contributed by atoms with Crippen LogP contribution in [0.4, 0.5) is 24.8 Å². The number of carbonyl (C=O) groups is 1. The zero-order chi connectivity index (χ0) is 21.5. The number of carbonyl (C=O) groups excluding carboxylic acids is 1. The van der Waals surface area contributed by atoms with Crippen molar-refractivity contribution < 1.29 is 22.4 Å². The summed E-state index contributed by atoms with van der Waals surface area (Å²) >= 11 is 0. The van der Waals surface area contributed by atoms with Crippen molar-refractivity contribution in [3.63, 3.8) is 0 Å². The first-order chi connectivity index (χ1) is 14.2. The van der Waals surface area contributed by atoms with E-state index in [1.807, 2.05) is 5.32 Å². The number of nitrogens with zero attached hydrogens (tertiary/aromatic N) is 5. The van der Waals surface area contributed by atoms with Crippen molar-refractivity contribution >= 4 is 28.7 Å². The number of nitrogens with one attached hydrogen (secondary N) is 1. The van der Waals surface area contributed by atoms with Gasteiger partial charge in [0.1, 0.15) is 5.69 Å². The smallest absolute Gasteiger partial charge is 0.463 e. The highest BCUT2D eigenvalue weighted by Crippen LogP contribution is 2.26. The number of amides is 1. The summed E-state index contributed by atoms with van der Waals surface area (Å²) in [5.74, 6) is -1.56. The monoisotopic (exact) mass is 417 g/mol. The Morgan fingerprint density at radius 3 is 2.73 bits per heavy atom. The molecule has 0 spiro atoms. The minimum atomic E-state index is -4.96. The Hall–Kier alpha value is -3.96. The number of fused-ring (bicyclic) bond motifs is 1. The molecule has 0 atom stereocenters. The maximum Gasteiger partial charge on any atom is 0.471 e.